The van der Waals surface area contributed by atoms with Crippen molar-refractivity contribution in [2.75, 3.05) is 20.7 Å². The Morgan fingerprint density at radius 2 is 2.17 bits per heavy atom. The Balaban J connectivity index is 0.000000561. The lowest BCUT2D eigenvalue weighted by atomic mass is 10.1. The van der Waals surface area contributed by atoms with Gasteiger partial charge in [0.25, 0.3) is 0 Å². The molecule has 1 rings (SSSR count). The molecule has 0 saturated carbocycles. The molecule has 1 unspecified atom stereocenters. The van der Waals surface area contributed by atoms with Crippen LogP contribution >= 0.6 is 0 Å². The van der Waals surface area contributed by atoms with E-state index in [4.69, 9.17) is 5.11 Å². The molecule has 0 aliphatic carbocycles. The number of aliphatic hydroxyl groups is 1. The van der Waals surface area contributed by atoms with Crippen LogP contribution in [-0.4, -0.2) is 42.5 Å². The van der Waals surface area contributed by atoms with Crippen molar-refractivity contribution in [3.63, 3.8) is 0 Å². The quantitative estimate of drug-likeness (QED) is 0.667. The van der Waals surface area contributed by atoms with Crippen molar-refractivity contribution in [3.8, 4) is 0 Å². The number of hydrogen-bond donors (Lipinski definition) is 1. The molecule has 1 aliphatic heterocycles. The molecule has 1 aliphatic rings. The van der Waals surface area contributed by atoms with Crippen LogP contribution in [0.5, 0.6) is 0 Å². The number of carbonyl (C=O) groups is 1. The topological polar surface area (TPSA) is 40.5 Å². The van der Waals surface area contributed by atoms with Crippen LogP contribution in [0.1, 0.15) is 26.2 Å². The normalized spacial score (nSPS) is 23.2. The van der Waals surface area contributed by atoms with Gasteiger partial charge in [0.1, 0.15) is 5.78 Å². The molecular formula is C9H19NO2. The summed E-state index contributed by atoms with van der Waals surface area (Å²) in [6.07, 6.45) is 2.95. The van der Waals surface area contributed by atoms with E-state index >= 15 is 0 Å². The van der Waals surface area contributed by atoms with Gasteiger partial charge in [-0.3, -0.25) is 9.69 Å². The predicted octanol–water partition coefficient (Wildman–Crippen LogP) is 0.668. The van der Waals surface area contributed by atoms with E-state index in [2.05, 4.69) is 4.90 Å². The lowest BCUT2D eigenvalue weighted by Crippen LogP contribution is -2.32. The van der Waals surface area contributed by atoms with E-state index in [-0.39, 0.29) is 6.04 Å². The van der Waals surface area contributed by atoms with Crippen molar-refractivity contribution in [1.29, 1.82) is 0 Å². The Morgan fingerprint density at radius 1 is 1.58 bits per heavy atom. The number of likely N-dealkylation sites (N-methyl/N-ethyl adjacent to an activating group) is 1. The molecule has 0 amide bonds. The minimum atomic E-state index is 0.241. The largest absolute Gasteiger partial charge is 0.400 e. The first-order valence-corrected chi connectivity index (χ1v) is 4.43. The maximum atomic E-state index is 11.2. The number of rotatable bonds is 2. The summed E-state index contributed by atoms with van der Waals surface area (Å²) in [7, 11) is 3.03. The van der Waals surface area contributed by atoms with Crippen LogP contribution in [0.25, 0.3) is 0 Å². The second kappa shape index (κ2) is 6.14. The highest BCUT2D eigenvalue weighted by Crippen LogP contribution is 2.16. The van der Waals surface area contributed by atoms with E-state index in [1.54, 1.807) is 0 Å². The Bertz CT molecular complexity index is 136. The van der Waals surface area contributed by atoms with Gasteiger partial charge in [0.15, 0.2) is 0 Å². The van der Waals surface area contributed by atoms with Gasteiger partial charge in [-0.2, -0.15) is 0 Å². The van der Waals surface area contributed by atoms with Gasteiger partial charge in [0.2, 0.25) is 0 Å². The third kappa shape index (κ3) is 2.91. The highest BCUT2D eigenvalue weighted by Gasteiger charge is 2.25. The molecule has 12 heavy (non-hydrogen) atoms. The molecule has 0 aromatic rings. The molecule has 1 fully saturated rings. The van der Waals surface area contributed by atoms with E-state index in [0.29, 0.717) is 12.2 Å². The van der Waals surface area contributed by atoms with Gasteiger partial charge in [0, 0.05) is 13.5 Å². The number of carbonyl (C=O) groups excluding carboxylic acids is 1. The average Bonchev–Trinajstić information content (AvgIpc) is 2.54. The van der Waals surface area contributed by atoms with Crippen LogP contribution in [0.2, 0.25) is 0 Å². The maximum absolute atomic E-state index is 11.2. The summed E-state index contributed by atoms with van der Waals surface area (Å²) >= 11 is 0. The van der Waals surface area contributed by atoms with E-state index in [9.17, 15) is 4.79 Å². The predicted molar refractivity (Wildman–Crippen MR) is 49.1 cm³/mol. The summed E-state index contributed by atoms with van der Waals surface area (Å²) in [5, 5.41) is 7.00. The Kier molecular flexibility index (Phi) is 5.93. The second-order valence-corrected chi connectivity index (χ2v) is 2.96. The number of nitrogens with zero attached hydrogens (tertiary/aromatic N) is 1. The molecule has 3 heteroatoms. The minimum absolute atomic E-state index is 0.241. The highest BCUT2D eigenvalue weighted by atomic mass is 16.2. The molecule has 0 bridgehead atoms. The first-order chi connectivity index (χ1) is 5.75. The summed E-state index contributed by atoms with van der Waals surface area (Å²) in [4.78, 5) is 13.3. The monoisotopic (exact) mass is 173 g/mol. The first kappa shape index (κ1) is 11.6. The Hall–Kier alpha value is -0.410. The summed E-state index contributed by atoms with van der Waals surface area (Å²) in [6, 6.07) is 0.241. The summed E-state index contributed by atoms with van der Waals surface area (Å²) < 4.78 is 0. The van der Waals surface area contributed by atoms with Crippen molar-refractivity contribution in [1.82, 2.24) is 4.90 Å². The van der Waals surface area contributed by atoms with Crippen LogP contribution in [0.15, 0.2) is 0 Å². The third-order valence-corrected chi connectivity index (χ3v) is 2.24. The standard InChI is InChI=1S/C8H15NO.CH4O/c1-3-8(10)7-5-4-6-9(7)2;1-2/h7H,3-6H2,1-2H3;2H,1H3. The van der Waals surface area contributed by atoms with E-state index in [0.717, 1.165) is 20.1 Å². The van der Waals surface area contributed by atoms with Gasteiger partial charge in [-0.1, -0.05) is 6.92 Å². The van der Waals surface area contributed by atoms with Crippen LogP contribution < -0.4 is 0 Å². The Labute approximate surface area is 74.4 Å². The average molecular weight is 173 g/mol. The second-order valence-electron chi connectivity index (χ2n) is 2.96. The fourth-order valence-corrected chi connectivity index (χ4v) is 1.55. The molecule has 0 radical (unpaired) electrons. The van der Waals surface area contributed by atoms with Crippen molar-refractivity contribution >= 4 is 5.78 Å². The van der Waals surface area contributed by atoms with Crippen LogP contribution in [0.3, 0.4) is 0 Å². The molecule has 1 N–H and O–H groups in total. The molecular weight excluding hydrogens is 154 g/mol. The molecule has 1 saturated heterocycles. The summed E-state index contributed by atoms with van der Waals surface area (Å²) in [5.41, 5.74) is 0. The van der Waals surface area contributed by atoms with E-state index < -0.39 is 0 Å². The lowest BCUT2D eigenvalue weighted by molar-refractivity contribution is -0.122. The number of likely N-dealkylation sites (tertiary alicyclic amines) is 1. The van der Waals surface area contributed by atoms with Gasteiger partial charge < -0.3 is 5.11 Å². The summed E-state index contributed by atoms with van der Waals surface area (Å²) in [5.74, 6) is 0.403. The first-order valence-electron chi connectivity index (χ1n) is 4.43. The molecule has 72 valence electrons. The zero-order chi connectivity index (χ0) is 9.56. The van der Waals surface area contributed by atoms with E-state index in [1.165, 1.54) is 6.42 Å². The lowest BCUT2D eigenvalue weighted by Gasteiger charge is -2.16. The van der Waals surface area contributed by atoms with Crippen molar-refractivity contribution in [2.24, 2.45) is 0 Å². The molecule has 3 nitrogen and oxygen atoms in total. The fourth-order valence-electron chi connectivity index (χ4n) is 1.55. The van der Waals surface area contributed by atoms with Gasteiger partial charge in [-0.15, -0.1) is 0 Å². The number of Topliss-reactive ketones (excluding diaryl/α,β-unsaturated/α-hetero) is 1. The van der Waals surface area contributed by atoms with Crippen LogP contribution in [-0.2, 0) is 4.79 Å². The van der Waals surface area contributed by atoms with Gasteiger partial charge in [0.05, 0.1) is 6.04 Å². The van der Waals surface area contributed by atoms with E-state index in [1.807, 2.05) is 14.0 Å². The molecule has 1 atom stereocenters. The van der Waals surface area contributed by atoms with Gasteiger partial charge >= 0.3 is 0 Å². The molecule has 0 aromatic heterocycles. The van der Waals surface area contributed by atoms with Gasteiger partial charge in [-0.05, 0) is 26.4 Å². The molecule has 0 spiro atoms. The number of ketones is 1. The van der Waals surface area contributed by atoms with Crippen molar-refractivity contribution in [2.45, 2.75) is 32.2 Å². The third-order valence-electron chi connectivity index (χ3n) is 2.24. The van der Waals surface area contributed by atoms with Crippen molar-refractivity contribution in [3.05, 3.63) is 0 Å². The van der Waals surface area contributed by atoms with Crippen molar-refractivity contribution < 1.29 is 9.90 Å². The number of aliphatic hydroxyl groups excluding tert-OH is 1. The van der Waals surface area contributed by atoms with Crippen LogP contribution in [0, 0.1) is 0 Å². The zero-order valence-corrected chi connectivity index (χ0v) is 8.21. The van der Waals surface area contributed by atoms with Gasteiger partial charge in [-0.25, -0.2) is 0 Å². The van der Waals surface area contributed by atoms with Crippen LogP contribution in [0.4, 0.5) is 0 Å². The maximum Gasteiger partial charge on any atom is 0.149 e. The summed E-state index contributed by atoms with van der Waals surface area (Å²) in [6.45, 7) is 3.03. The highest BCUT2D eigenvalue weighted by molar-refractivity contribution is 5.83. The Morgan fingerprint density at radius 3 is 2.50 bits per heavy atom. The molecule has 1 heterocycles. The minimum Gasteiger partial charge on any atom is -0.400 e. The zero-order valence-electron chi connectivity index (χ0n) is 8.21. The smallest absolute Gasteiger partial charge is 0.149 e. The number of hydrogen-bond acceptors (Lipinski definition) is 3. The SMILES string of the molecule is CCC(=O)C1CCCN1C.CO. The fraction of sp³-hybridized carbons (Fsp3) is 0.889. The molecule has 0 aromatic carbocycles.